The Morgan fingerprint density at radius 1 is 1.34 bits per heavy atom. The molecule has 0 bridgehead atoms. The van der Waals surface area contributed by atoms with Crippen LogP contribution in [0.4, 0.5) is 0 Å². The fraction of sp³-hybridized carbons (Fsp3) is 0.556. The van der Waals surface area contributed by atoms with E-state index in [1.807, 2.05) is 0 Å². The van der Waals surface area contributed by atoms with E-state index in [4.69, 9.17) is 26.6 Å². The highest BCUT2D eigenvalue weighted by Crippen LogP contribution is 2.38. The van der Waals surface area contributed by atoms with Crippen molar-refractivity contribution >= 4 is 32.2 Å². The van der Waals surface area contributed by atoms with Crippen molar-refractivity contribution in [3.63, 3.8) is 0 Å². The predicted octanol–water partition coefficient (Wildman–Crippen LogP) is 3.80. The van der Waals surface area contributed by atoms with Gasteiger partial charge in [-0.25, -0.2) is 18.4 Å². The Morgan fingerprint density at radius 2 is 2.07 bits per heavy atom. The molecule has 0 saturated heterocycles. The van der Waals surface area contributed by atoms with Crippen LogP contribution in [-0.2, 0) is 20.1 Å². The fourth-order valence-corrected chi connectivity index (χ4v) is 5.09. The van der Waals surface area contributed by atoms with Gasteiger partial charge in [0.15, 0.2) is 9.84 Å². The Kier molecular flexibility index (Phi) is 6.19. The van der Waals surface area contributed by atoms with Crippen LogP contribution < -0.4 is 4.74 Å². The summed E-state index contributed by atoms with van der Waals surface area (Å²) >= 11 is 6.10. The third-order valence-corrected chi connectivity index (χ3v) is 7.63. The Bertz CT molecular complexity index is 1070. The van der Waals surface area contributed by atoms with Gasteiger partial charge in [0.25, 0.3) is 0 Å². The minimum absolute atomic E-state index is 0.125. The molecule has 0 N–H and O–H groups in total. The van der Waals surface area contributed by atoms with Crippen LogP contribution in [0.1, 0.15) is 32.3 Å². The second-order valence-electron chi connectivity index (χ2n) is 7.21. The van der Waals surface area contributed by atoms with Crippen LogP contribution in [0.3, 0.4) is 0 Å². The van der Waals surface area contributed by atoms with Gasteiger partial charge in [0, 0.05) is 43.0 Å². The molecule has 0 amide bonds. The molecule has 2 aromatic heterocycles. The molecular formula is C18H22ClN5O4S. The lowest BCUT2D eigenvalue weighted by Gasteiger charge is -2.34. The fourth-order valence-electron chi connectivity index (χ4n) is 3.45. The number of pyridine rings is 2. The van der Waals surface area contributed by atoms with Crippen LogP contribution in [0.25, 0.3) is 21.2 Å². The Balaban J connectivity index is 1.97. The lowest BCUT2D eigenvalue weighted by Crippen LogP contribution is -2.43. The molecule has 1 saturated carbocycles. The molecule has 1 aliphatic carbocycles. The molecule has 1 atom stereocenters. The number of azide groups is 1. The molecule has 0 aliphatic heterocycles. The van der Waals surface area contributed by atoms with Crippen LogP contribution in [0.15, 0.2) is 23.6 Å². The maximum atomic E-state index is 12.0. The summed E-state index contributed by atoms with van der Waals surface area (Å²) in [5.41, 5.74) is 8.63. The normalized spacial score (nSPS) is 21.1. The molecule has 0 spiro atoms. The number of hydrogen-bond donors (Lipinski definition) is 0. The average Bonchev–Trinajstić information content (AvgIpc) is 2.64. The lowest BCUT2D eigenvalue weighted by atomic mass is 9.91. The number of aromatic nitrogens is 2. The lowest BCUT2D eigenvalue weighted by molar-refractivity contribution is 0.119. The minimum atomic E-state index is -3.06. The SMILES string of the molecule is CCS(=O)(=O)C1CC(Oc2ncc([C@@](C)(COC)N=[N+]=[N-])c3cc(Cl)ncc23)C1. The number of fused-ring (bicyclic) bond motifs is 1. The third-order valence-electron chi connectivity index (χ3n) is 5.21. The first-order valence-electron chi connectivity index (χ1n) is 9.12. The van der Waals surface area contributed by atoms with Gasteiger partial charge in [-0.3, -0.25) is 0 Å². The summed E-state index contributed by atoms with van der Waals surface area (Å²) in [6.45, 7) is 3.54. The smallest absolute Gasteiger partial charge is 0.223 e. The molecule has 2 aromatic rings. The summed E-state index contributed by atoms with van der Waals surface area (Å²) in [5.74, 6) is 0.464. The predicted molar refractivity (Wildman–Crippen MR) is 110 cm³/mol. The van der Waals surface area contributed by atoms with E-state index in [-0.39, 0.29) is 28.9 Å². The largest absolute Gasteiger partial charge is 0.474 e. The first-order chi connectivity index (χ1) is 13.7. The summed E-state index contributed by atoms with van der Waals surface area (Å²) in [6.07, 6.45) is 3.75. The van der Waals surface area contributed by atoms with Crippen LogP contribution in [0.5, 0.6) is 5.88 Å². The monoisotopic (exact) mass is 439 g/mol. The minimum Gasteiger partial charge on any atom is -0.474 e. The van der Waals surface area contributed by atoms with Crippen LogP contribution in [-0.4, -0.2) is 49.2 Å². The summed E-state index contributed by atoms with van der Waals surface area (Å²) in [5, 5.41) is 5.09. The van der Waals surface area contributed by atoms with Gasteiger partial charge in [0.2, 0.25) is 5.88 Å². The zero-order valence-corrected chi connectivity index (χ0v) is 17.9. The Labute approximate surface area is 173 Å². The molecule has 0 radical (unpaired) electrons. The van der Waals surface area contributed by atoms with E-state index >= 15 is 0 Å². The topological polar surface area (TPSA) is 127 Å². The quantitative estimate of drug-likeness (QED) is 0.266. The highest BCUT2D eigenvalue weighted by atomic mass is 35.5. The molecular weight excluding hydrogens is 418 g/mol. The van der Waals surface area contributed by atoms with Gasteiger partial charge in [-0.1, -0.05) is 23.6 Å². The second-order valence-corrected chi connectivity index (χ2v) is 10.2. The van der Waals surface area contributed by atoms with E-state index in [1.165, 1.54) is 7.11 Å². The van der Waals surface area contributed by atoms with E-state index < -0.39 is 15.4 Å². The number of nitrogens with zero attached hydrogens (tertiary/aromatic N) is 5. The number of rotatable bonds is 8. The van der Waals surface area contributed by atoms with Gasteiger partial charge >= 0.3 is 0 Å². The summed E-state index contributed by atoms with van der Waals surface area (Å²) in [4.78, 5) is 11.5. The maximum absolute atomic E-state index is 12.0. The van der Waals surface area contributed by atoms with E-state index in [0.29, 0.717) is 35.1 Å². The summed E-state index contributed by atoms with van der Waals surface area (Å²) in [7, 11) is -1.55. The molecule has 3 rings (SSSR count). The van der Waals surface area contributed by atoms with E-state index in [2.05, 4.69) is 20.0 Å². The standard InChI is InChI=1S/C18H22ClN5O4S/c1-4-29(25,26)12-5-11(6-12)28-17-14-8-21-16(19)7-13(14)15(9-22-17)18(2,10-27-3)23-24-20/h7-9,11-12H,4-6,10H2,1-3H3/t11?,12?,18-/m1/s1. The second kappa shape index (κ2) is 8.31. The zero-order chi connectivity index (χ0) is 21.2. The van der Waals surface area contributed by atoms with Gasteiger partial charge in [-0.05, 0) is 29.5 Å². The van der Waals surface area contributed by atoms with E-state index in [1.54, 1.807) is 32.3 Å². The molecule has 1 fully saturated rings. The molecule has 29 heavy (non-hydrogen) atoms. The van der Waals surface area contributed by atoms with Gasteiger partial charge in [-0.15, -0.1) is 0 Å². The van der Waals surface area contributed by atoms with Crippen LogP contribution in [0, 0.1) is 0 Å². The van der Waals surface area contributed by atoms with Gasteiger partial charge in [0.1, 0.15) is 11.3 Å². The number of methoxy groups -OCH3 is 1. The van der Waals surface area contributed by atoms with Crippen molar-refractivity contribution in [3.05, 3.63) is 39.6 Å². The van der Waals surface area contributed by atoms with E-state index in [9.17, 15) is 8.42 Å². The van der Waals surface area contributed by atoms with Crippen LogP contribution in [0.2, 0.25) is 5.15 Å². The van der Waals surface area contributed by atoms with Crippen molar-refractivity contribution < 1.29 is 17.9 Å². The van der Waals surface area contributed by atoms with Crippen molar-refractivity contribution in [2.45, 2.75) is 43.6 Å². The van der Waals surface area contributed by atoms with Gasteiger partial charge in [0.05, 0.1) is 22.8 Å². The summed E-state index contributed by atoms with van der Waals surface area (Å²) in [6, 6.07) is 1.66. The zero-order valence-electron chi connectivity index (χ0n) is 16.4. The van der Waals surface area contributed by atoms with Crippen molar-refractivity contribution in [3.8, 4) is 5.88 Å². The first kappa shape index (κ1) is 21.6. The van der Waals surface area contributed by atoms with Crippen LogP contribution >= 0.6 is 11.6 Å². The summed E-state index contributed by atoms with van der Waals surface area (Å²) < 4.78 is 35.1. The molecule has 1 aliphatic rings. The maximum Gasteiger partial charge on any atom is 0.223 e. The Morgan fingerprint density at radius 3 is 2.69 bits per heavy atom. The molecule has 0 aromatic carbocycles. The highest BCUT2D eigenvalue weighted by Gasteiger charge is 2.39. The number of ether oxygens (including phenoxy) is 2. The molecule has 11 heteroatoms. The number of sulfone groups is 1. The third kappa shape index (κ3) is 4.25. The Hall–Kier alpha value is -2.13. The number of hydrogen-bond acceptors (Lipinski definition) is 7. The number of halogens is 1. The molecule has 156 valence electrons. The van der Waals surface area contributed by atoms with Crippen molar-refractivity contribution in [1.29, 1.82) is 0 Å². The average molecular weight is 440 g/mol. The van der Waals surface area contributed by atoms with Gasteiger partial charge < -0.3 is 9.47 Å². The van der Waals surface area contributed by atoms with Crippen molar-refractivity contribution in [2.24, 2.45) is 5.11 Å². The molecule has 2 heterocycles. The van der Waals surface area contributed by atoms with Crippen molar-refractivity contribution in [1.82, 2.24) is 9.97 Å². The molecule has 0 unspecified atom stereocenters. The van der Waals surface area contributed by atoms with E-state index in [0.717, 1.165) is 0 Å². The van der Waals surface area contributed by atoms with Gasteiger partial charge in [-0.2, -0.15) is 0 Å². The van der Waals surface area contributed by atoms with Crippen molar-refractivity contribution in [2.75, 3.05) is 19.5 Å². The molecule has 9 nitrogen and oxygen atoms in total. The first-order valence-corrected chi connectivity index (χ1v) is 11.2. The highest BCUT2D eigenvalue weighted by molar-refractivity contribution is 7.92.